The summed E-state index contributed by atoms with van der Waals surface area (Å²) < 4.78 is 12.3. The van der Waals surface area contributed by atoms with Crippen molar-refractivity contribution in [3.8, 4) is 11.1 Å². The first kappa shape index (κ1) is 35.8. The van der Waals surface area contributed by atoms with Gasteiger partial charge >= 0.3 is 324 Å². The summed E-state index contributed by atoms with van der Waals surface area (Å²) in [5.74, 6) is 4.75. The number of rotatable bonds is 5. The van der Waals surface area contributed by atoms with Crippen LogP contribution in [0, 0.1) is 49.4 Å². The van der Waals surface area contributed by atoms with Crippen LogP contribution in [0.25, 0.3) is 11.1 Å². The molecule has 4 aromatic rings. The van der Waals surface area contributed by atoms with Gasteiger partial charge in [-0.2, -0.15) is 0 Å². The summed E-state index contributed by atoms with van der Waals surface area (Å²) in [5.41, 5.74) is 13.2. The van der Waals surface area contributed by atoms with Gasteiger partial charge < -0.3 is 0 Å². The molecule has 6 aliphatic carbocycles. The van der Waals surface area contributed by atoms with Crippen molar-refractivity contribution in [1.29, 1.82) is 0 Å². The predicted octanol–water partition coefficient (Wildman–Crippen LogP) is 11.4. The summed E-state index contributed by atoms with van der Waals surface area (Å²) in [4.78, 5) is 0. The van der Waals surface area contributed by atoms with Gasteiger partial charge in [-0.15, -0.1) is 0 Å². The monoisotopic (exact) mass is 776 g/mol. The van der Waals surface area contributed by atoms with Crippen LogP contribution < -0.4 is 9.81 Å². The molecule has 0 saturated heterocycles. The van der Waals surface area contributed by atoms with Gasteiger partial charge in [0, 0.05) is 0 Å². The molecule has 0 amide bonds. The van der Waals surface area contributed by atoms with Crippen molar-refractivity contribution in [3.05, 3.63) is 133 Å². The third-order valence-corrected chi connectivity index (χ3v) is 31.8. The van der Waals surface area contributed by atoms with Crippen molar-refractivity contribution in [3.63, 3.8) is 0 Å². The fourth-order valence-electron chi connectivity index (χ4n) is 12.9. The molecule has 4 aromatic carbocycles. The Morgan fingerprint density at radius 1 is 0.642 bits per heavy atom. The molecule has 10 rings (SSSR count). The van der Waals surface area contributed by atoms with E-state index in [2.05, 4.69) is 153 Å². The summed E-state index contributed by atoms with van der Waals surface area (Å²) in [6.45, 7) is 21.4. The van der Waals surface area contributed by atoms with Crippen LogP contribution in [-0.4, -0.2) is 4.21 Å². The summed E-state index contributed by atoms with van der Waals surface area (Å²) in [6.07, 6.45) is 13.9. The van der Waals surface area contributed by atoms with Crippen LogP contribution in [0.1, 0.15) is 114 Å². The maximum atomic E-state index is 6.05. The van der Waals surface area contributed by atoms with Gasteiger partial charge in [-0.25, -0.2) is 0 Å². The second kappa shape index (κ2) is 12.1. The fourth-order valence-corrected chi connectivity index (χ4v) is 30.5. The minimum absolute atomic E-state index is 0.0576. The first-order valence-corrected chi connectivity index (χ1v) is 27.6. The zero-order valence-corrected chi connectivity index (χ0v) is 36.5. The van der Waals surface area contributed by atoms with E-state index >= 15 is 0 Å². The molecule has 4 saturated carbocycles. The molecule has 1 unspecified atom stereocenters. The summed E-state index contributed by atoms with van der Waals surface area (Å²) >= 11 is -5.09. The van der Waals surface area contributed by atoms with E-state index in [1.54, 1.807) is 17.7 Å². The molecule has 6 aliphatic rings. The zero-order chi connectivity index (χ0) is 37.3. The average Bonchev–Trinajstić information content (AvgIpc) is 3.67. The van der Waals surface area contributed by atoms with E-state index in [4.69, 9.17) is 4.21 Å². The molecule has 1 atom stereocenters. The van der Waals surface area contributed by atoms with Gasteiger partial charge in [0.2, 0.25) is 0 Å². The second-order valence-corrected chi connectivity index (χ2v) is 33.4. The van der Waals surface area contributed by atoms with Gasteiger partial charge in [-0.05, 0) is 0 Å². The molecule has 4 fully saturated rings. The standard InChI is InChI=1S/C21H25.C16H21.2C7H7.CH2.Zr/c1-20(2,3)16-7-9-18-14(12-16)11-15-13-17(21(4,5)6)8-10-19(15)18;1-10-2-3-13(4-10)16-14-6-11-5-12(8-14)9-15(16)7-11;2*1-7-5-3-2-4-6-7;;/h7-10,12H,11H2,1-6H3;3-4,10-12,14-16H,5-9H2,1H3;2*3-6H,1H3;1H2;. The molecular formula is C52H62Zr. The number of benzene rings is 4. The number of fused-ring (bicyclic) bond motifs is 3. The third-order valence-electron chi connectivity index (χ3n) is 15.2. The molecule has 0 radical (unpaired) electrons. The Bertz CT molecular complexity index is 2180. The predicted molar refractivity (Wildman–Crippen MR) is 226 cm³/mol. The Morgan fingerprint density at radius 2 is 1.19 bits per heavy atom. The Kier molecular flexibility index (Phi) is 8.14. The van der Waals surface area contributed by atoms with Crippen LogP contribution in [0.4, 0.5) is 0 Å². The molecule has 53 heavy (non-hydrogen) atoms. The molecule has 0 aliphatic heterocycles. The van der Waals surface area contributed by atoms with E-state index in [-0.39, 0.29) is 10.8 Å². The van der Waals surface area contributed by atoms with E-state index in [9.17, 15) is 0 Å². The summed E-state index contributed by atoms with van der Waals surface area (Å²) in [5, 5.41) is 0. The first-order valence-electron chi connectivity index (χ1n) is 21.0. The molecule has 4 bridgehead atoms. The summed E-state index contributed by atoms with van der Waals surface area (Å²) in [6, 6.07) is 32.0. The third kappa shape index (κ3) is 5.32. The molecule has 0 heterocycles. The van der Waals surface area contributed by atoms with Crippen molar-refractivity contribution < 1.29 is 18.3 Å². The van der Waals surface area contributed by atoms with Crippen LogP contribution in [0.2, 0.25) is 0 Å². The van der Waals surface area contributed by atoms with E-state index in [1.165, 1.54) is 77.6 Å². The Balaban J connectivity index is 1.38. The Hall–Kier alpha value is -2.89. The van der Waals surface area contributed by atoms with E-state index in [0.29, 0.717) is 5.92 Å². The summed E-state index contributed by atoms with van der Waals surface area (Å²) in [7, 11) is 0. The van der Waals surface area contributed by atoms with E-state index < -0.39 is 18.3 Å². The van der Waals surface area contributed by atoms with Gasteiger partial charge in [-0.1, -0.05) is 0 Å². The topological polar surface area (TPSA) is 0 Å². The fraction of sp³-hybridized carbons (Fsp3) is 0.442. The van der Waals surface area contributed by atoms with Crippen molar-refractivity contribution in [2.75, 3.05) is 0 Å². The molecule has 0 nitrogen and oxygen atoms in total. The number of allylic oxidation sites excluding steroid dienone is 4. The average molecular weight is 778 g/mol. The van der Waals surface area contributed by atoms with Crippen LogP contribution >= 0.6 is 0 Å². The number of hydrogen-bond donors (Lipinski definition) is 0. The molecule has 1 heteroatoms. The maximum absolute atomic E-state index is 6.05. The van der Waals surface area contributed by atoms with Crippen molar-refractivity contribution >= 4 is 14.0 Å². The van der Waals surface area contributed by atoms with Gasteiger partial charge in [0.25, 0.3) is 0 Å². The van der Waals surface area contributed by atoms with Gasteiger partial charge in [0.15, 0.2) is 0 Å². The number of hydrogen-bond acceptors (Lipinski definition) is 0. The zero-order valence-electron chi connectivity index (χ0n) is 34.1. The Labute approximate surface area is 321 Å². The van der Waals surface area contributed by atoms with Gasteiger partial charge in [-0.3, -0.25) is 0 Å². The van der Waals surface area contributed by atoms with Crippen LogP contribution in [0.3, 0.4) is 0 Å². The molecule has 274 valence electrons. The van der Waals surface area contributed by atoms with E-state index in [0.717, 1.165) is 36.0 Å². The van der Waals surface area contributed by atoms with Crippen molar-refractivity contribution in [2.45, 2.75) is 112 Å². The van der Waals surface area contributed by atoms with Gasteiger partial charge in [0.05, 0.1) is 0 Å². The molecule has 0 aromatic heterocycles. The van der Waals surface area contributed by atoms with Crippen molar-refractivity contribution in [2.24, 2.45) is 35.5 Å². The Morgan fingerprint density at radius 3 is 1.72 bits per heavy atom. The van der Waals surface area contributed by atoms with Crippen molar-refractivity contribution in [1.82, 2.24) is 0 Å². The molecule has 0 N–H and O–H groups in total. The normalized spacial score (nSPS) is 26.4. The van der Waals surface area contributed by atoms with Crippen LogP contribution in [0.5, 0.6) is 0 Å². The quantitative estimate of drug-likeness (QED) is 0.167. The van der Waals surface area contributed by atoms with Gasteiger partial charge in [0.1, 0.15) is 0 Å². The second-order valence-electron chi connectivity index (χ2n) is 20.8. The van der Waals surface area contributed by atoms with E-state index in [1.807, 2.05) is 0 Å². The first-order chi connectivity index (χ1) is 25.0. The molecule has 0 spiro atoms. The van der Waals surface area contributed by atoms with Crippen LogP contribution in [0.15, 0.2) is 99.9 Å². The number of aryl methyl sites for hydroxylation is 2. The SMILES string of the molecule is [CH2]=[Zr]([C]1=CC(C2C3CC4CC(C3)CC2C4)=CC1C)([c]1ccc(C)cc1)([c]1ccc(C)cc1)[c]1c(C(C)(C)C)ccc2c1Cc1cc(C(C)(C)C)ccc1-2. The minimum atomic E-state index is -5.09. The molecular weight excluding hydrogens is 716 g/mol. The van der Waals surface area contributed by atoms with Crippen LogP contribution in [-0.2, 0) is 35.5 Å².